The van der Waals surface area contributed by atoms with Crippen LogP contribution in [0.25, 0.3) is 0 Å². The number of nitrogens with two attached hydrogens (primary N) is 1. The van der Waals surface area contributed by atoms with Gasteiger partial charge in [-0.2, -0.15) is 4.98 Å². The quantitative estimate of drug-likeness (QED) is 0.782. The van der Waals surface area contributed by atoms with Crippen LogP contribution in [0.3, 0.4) is 0 Å². The van der Waals surface area contributed by atoms with E-state index in [0.29, 0.717) is 23.4 Å². The number of aromatic nitrogens is 2. The number of nitrogens with one attached hydrogen (secondary N) is 1. The van der Waals surface area contributed by atoms with Crippen LogP contribution < -0.4 is 15.8 Å². The molecule has 2 rings (SSSR count). The highest BCUT2D eigenvalue weighted by atomic mass is 16.5. The first-order chi connectivity index (χ1) is 7.16. The standard InChI is InChI=1S/C10H16N4O/c1-6(2)15-10-8(11)9(12-5-13-10)14-7-3-4-7/h5-7H,3-4,11H2,1-2H3,(H,12,13,14). The topological polar surface area (TPSA) is 73.1 Å². The lowest BCUT2D eigenvalue weighted by Gasteiger charge is -2.13. The van der Waals surface area contributed by atoms with E-state index in [-0.39, 0.29) is 6.10 Å². The predicted molar refractivity (Wildman–Crippen MR) is 58.9 cm³/mol. The van der Waals surface area contributed by atoms with Crippen molar-refractivity contribution < 1.29 is 4.74 Å². The molecule has 0 unspecified atom stereocenters. The van der Waals surface area contributed by atoms with Crippen molar-refractivity contribution in [1.29, 1.82) is 0 Å². The number of ether oxygens (including phenoxy) is 1. The summed E-state index contributed by atoms with van der Waals surface area (Å²) in [6, 6.07) is 0.522. The Kier molecular flexibility index (Phi) is 2.62. The average molecular weight is 208 g/mol. The number of nitrogen functional groups attached to an aromatic ring is 1. The zero-order valence-electron chi connectivity index (χ0n) is 9.03. The molecule has 1 saturated carbocycles. The molecule has 0 bridgehead atoms. The fourth-order valence-corrected chi connectivity index (χ4v) is 1.23. The molecule has 0 atom stereocenters. The molecule has 0 aromatic carbocycles. The predicted octanol–water partition coefficient (Wildman–Crippen LogP) is 1.42. The Morgan fingerprint density at radius 2 is 2.20 bits per heavy atom. The molecule has 1 fully saturated rings. The molecular formula is C10H16N4O. The van der Waals surface area contributed by atoms with Crippen molar-refractivity contribution in [3.8, 4) is 5.88 Å². The van der Waals surface area contributed by atoms with E-state index in [4.69, 9.17) is 10.5 Å². The van der Waals surface area contributed by atoms with Crippen LogP contribution in [0, 0.1) is 0 Å². The molecule has 1 aliphatic rings. The lowest BCUT2D eigenvalue weighted by atomic mass is 10.4. The minimum atomic E-state index is 0.0657. The van der Waals surface area contributed by atoms with Crippen molar-refractivity contribution in [2.75, 3.05) is 11.1 Å². The zero-order valence-corrected chi connectivity index (χ0v) is 9.03. The van der Waals surface area contributed by atoms with Crippen molar-refractivity contribution in [3.63, 3.8) is 0 Å². The lowest BCUT2D eigenvalue weighted by Crippen LogP contribution is -2.12. The van der Waals surface area contributed by atoms with Crippen molar-refractivity contribution in [3.05, 3.63) is 6.33 Å². The summed E-state index contributed by atoms with van der Waals surface area (Å²) in [4.78, 5) is 8.11. The third-order valence-electron chi connectivity index (χ3n) is 2.11. The summed E-state index contributed by atoms with van der Waals surface area (Å²) in [5.41, 5.74) is 6.39. The first-order valence-electron chi connectivity index (χ1n) is 5.20. The molecule has 1 aromatic rings. The van der Waals surface area contributed by atoms with Gasteiger partial charge in [-0.1, -0.05) is 0 Å². The lowest BCUT2D eigenvalue weighted by molar-refractivity contribution is 0.234. The molecule has 0 amide bonds. The number of hydrogen-bond acceptors (Lipinski definition) is 5. The maximum Gasteiger partial charge on any atom is 0.242 e. The zero-order chi connectivity index (χ0) is 10.8. The van der Waals surface area contributed by atoms with Crippen LogP contribution >= 0.6 is 0 Å². The van der Waals surface area contributed by atoms with E-state index in [2.05, 4.69) is 15.3 Å². The second-order valence-electron chi connectivity index (χ2n) is 4.03. The van der Waals surface area contributed by atoms with Gasteiger partial charge in [0.25, 0.3) is 0 Å². The van der Waals surface area contributed by atoms with E-state index in [1.807, 2.05) is 13.8 Å². The summed E-state index contributed by atoms with van der Waals surface area (Å²) in [5.74, 6) is 1.14. The molecule has 0 saturated heterocycles. The fourth-order valence-electron chi connectivity index (χ4n) is 1.23. The van der Waals surface area contributed by atoms with Gasteiger partial charge in [0.2, 0.25) is 5.88 Å². The highest BCUT2D eigenvalue weighted by Crippen LogP contribution is 2.30. The molecule has 1 heterocycles. The molecule has 5 heteroatoms. The Balaban J connectivity index is 2.15. The second kappa shape index (κ2) is 3.92. The number of hydrogen-bond donors (Lipinski definition) is 2. The van der Waals surface area contributed by atoms with E-state index < -0.39 is 0 Å². The van der Waals surface area contributed by atoms with Crippen LogP contribution in [-0.2, 0) is 0 Å². The molecule has 0 aliphatic heterocycles. The van der Waals surface area contributed by atoms with Crippen LogP contribution in [0.4, 0.5) is 11.5 Å². The van der Waals surface area contributed by atoms with Crippen LogP contribution in [0.15, 0.2) is 6.33 Å². The largest absolute Gasteiger partial charge is 0.473 e. The van der Waals surface area contributed by atoms with Gasteiger partial charge < -0.3 is 15.8 Å². The summed E-state index contributed by atoms with van der Waals surface area (Å²) < 4.78 is 5.47. The first kappa shape index (κ1) is 10.0. The van der Waals surface area contributed by atoms with Crippen molar-refractivity contribution >= 4 is 11.5 Å². The molecule has 1 aliphatic carbocycles. The van der Waals surface area contributed by atoms with E-state index in [9.17, 15) is 0 Å². The fraction of sp³-hybridized carbons (Fsp3) is 0.600. The summed E-state index contributed by atoms with van der Waals surface area (Å²) in [5, 5.41) is 3.24. The van der Waals surface area contributed by atoms with Gasteiger partial charge in [-0.25, -0.2) is 4.98 Å². The summed E-state index contributed by atoms with van der Waals surface area (Å²) in [7, 11) is 0. The SMILES string of the molecule is CC(C)Oc1ncnc(NC2CC2)c1N. The minimum Gasteiger partial charge on any atom is -0.473 e. The highest BCUT2D eigenvalue weighted by molar-refractivity contribution is 5.67. The number of nitrogens with zero attached hydrogens (tertiary/aromatic N) is 2. The van der Waals surface area contributed by atoms with Crippen molar-refractivity contribution in [1.82, 2.24) is 9.97 Å². The van der Waals surface area contributed by atoms with Crippen molar-refractivity contribution in [2.24, 2.45) is 0 Å². The summed E-state index contributed by atoms with van der Waals surface area (Å²) in [6.07, 6.45) is 3.91. The third kappa shape index (κ3) is 2.49. The Labute approximate surface area is 89.1 Å². The van der Waals surface area contributed by atoms with Gasteiger partial charge in [0, 0.05) is 6.04 Å². The van der Waals surface area contributed by atoms with E-state index in [1.54, 1.807) is 0 Å². The molecule has 1 aromatic heterocycles. The Bertz CT molecular complexity index is 327. The monoisotopic (exact) mass is 208 g/mol. The minimum absolute atomic E-state index is 0.0657. The first-order valence-corrected chi connectivity index (χ1v) is 5.20. The normalized spacial score (nSPS) is 15.4. The second-order valence-corrected chi connectivity index (χ2v) is 4.03. The van der Waals surface area contributed by atoms with Crippen molar-refractivity contribution in [2.45, 2.75) is 38.8 Å². The third-order valence-corrected chi connectivity index (χ3v) is 2.11. The summed E-state index contributed by atoms with van der Waals surface area (Å²) >= 11 is 0. The highest BCUT2D eigenvalue weighted by Gasteiger charge is 2.23. The van der Waals surface area contributed by atoms with Gasteiger partial charge >= 0.3 is 0 Å². The summed E-state index contributed by atoms with van der Waals surface area (Å²) in [6.45, 7) is 3.88. The molecule has 5 nitrogen and oxygen atoms in total. The molecule has 0 radical (unpaired) electrons. The van der Waals surface area contributed by atoms with Crippen LogP contribution in [0.5, 0.6) is 5.88 Å². The van der Waals surface area contributed by atoms with Crippen LogP contribution in [0.1, 0.15) is 26.7 Å². The van der Waals surface area contributed by atoms with Crippen LogP contribution in [0.2, 0.25) is 0 Å². The average Bonchev–Trinajstić information content (AvgIpc) is 2.95. The van der Waals surface area contributed by atoms with Crippen LogP contribution in [-0.4, -0.2) is 22.1 Å². The molecule has 0 spiro atoms. The molecule has 82 valence electrons. The molecule has 3 N–H and O–H groups in total. The van der Waals surface area contributed by atoms with Gasteiger partial charge in [0.15, 0.2) is 5.82 Å². The number of anilines is 2. The molecule has 15 heavy (non-hydrogen) atoms. The molecular weight excluding hydrogens is 192 g/mol. The smallest absolute Gasteiger partial charge is 0.242 e. The van der Waals surface area contributed by atoms with Gasteiger partial charge in [-0.15, -0.1) is 0 Å². The van der Waals surface area contributed by atoms with Gasteiger partial charge in [-0.3, -0.25) is 0 Å². The maximum atomic E-state index is 5.90. The Hall–Kier alpha value is -1.52. The van der Waals surface area contributed by atoms with Gasteiger partial charge in [0.1, 0.15) is 12.0 Å². The Morgan fingerprint density at radius 1 is 1.47 bits per heavy atom. The van der Waals surface area contributed by atoms with Gasteiger partial charge in [-0.05, 0) is 26.7 Å². The van der Waals surface area contributed by atoms with E-state index in [1.165, 1.54) is 19.2 Å². The van der Waals surface area contributed by atoms with Gasteiger partial charge in [0.05, 0.1) is 6.10 Å². The maximum absolute atomic E-state index is 5.90. The number of rotatable bonds is 4. The Morgan fingerprint density at radius 3 is 2.80 bits per heavy atom. The van der Waals surface area contributed by atoms with E-state index in [0.717, 1.165) is 0 Å². The van der Waals surface area contributed by atoms with E-state index >= 15 is 0 Å².